The highest BCUT2D eigenvalue weighted by molar-refractivity contribution is 5.79. The van der Waals surface area contributed by atoms with Crippen molar-refractivity contribution < 1.29 is 85.8 Å². The lowest BCUT2D eigenvalue weighted by Gasteiger charge is -2.19. The SMILES string of the molecule is CCCCCC[C@@H](C/C=C\CCCCCCCC(=O)OCC(COC(=O)CCCCCCC/C=C\C[C@H](CCCCCC)OC(=O)C(C)OC(C)=O)OC(=O)CCCCCCC/C=C\C[C@H](CCCCCC)OC(=O)C(C)OC(C)=O)OC(=O)C(C)OC(C)=O. The van der Waals surface area contributed by atoms with Crippen LogP contribution in [0.1, 0.15) is 313 Å². The summed E-state index contributed by atoms with van der Waals surface area (Å²) in [6.07, 6.45) is 41.0. The van der Waals surface area contributed by atoms with Crippen molar-refractivity contribution in [2.45, 2.75) is 355 Å². The monoisotopic (exact) mass is 1270 g/mol. The third-order valence-corrected chi connectivity index (χ3v) is 15.1. The van der Waals surface area contributed by atoms with Crippen molar-refractivity contribution in [3.05, 3.63) is 36.5 Å². The Morgan fingerprint density at radius 2 is 0.556 bits per heavy atom. The Balaban J connectivity index is 5.15. The van der Waals surface area contributed by atoms with Crippen LogP contribution in [0.3, 0.4) is 0 Å². The first kappa shape index (κ1) is 84.5. The van der Waals surface area contributed by atoms with Crippen LogP contribution in [0.2, 0.25) is 0 Å². The molecule has 0 aliphatic rings. The molecule has 0 aliphatic carbocycles. The topological polar surface area (TPSA) is 237 Å². The third kappa shape index (κ3) is 53.1. The number of ether oxygens (including phenoxy) is 9. The quantitative estimate of drug-likeness (QED) is 0.0238. The van der Waals surface area contributed by atoms with Crippen LogP contribution < -0.4 is 0 Å². The maximum absolute atomic E-state index is 13.1. The fraction of sp³-hybridized carbons (Fsp3) is 0.792. The average Bonchev–Trinajstić information content (AvgIpc) is 3.55. The van der Waals surface area contributed by atoms with Gasteiger partial charge in [0, 0.05) is 59.3 Å². The summed E-state index contributed by atoms with van der Waals surface area (Å²) in [6, 6.07) is 0. The lowest BCUT2D eigenvalue weighted by molar-refractivity contribution is -0.169. The Hall–Kier alpha value is -5.55. The molecule has 18 heteroatoms. The Morgan fingerprint density at radius 3 is 0.844 bits per heavy atom. The predicted molar refractivity (Wildman–Crippen MR) is 350 cm³/mol. The molecule has 0 aromatic rings. The lowest BCUT2D eigenvalue weighted by Crippen LogP contribution is -2.30. The van der Waals surface area contributed by atoms with Gasteiger partial charge in [0.25, 0.3) is 0 Å². The highest BCUT2D eigenvalue weighted by atomic mass is 16.6. The summed E-state index contributed by atoms with van der Waals surface area (Å²) in [6.45, 7) is 14.4. The van der Waals surface area contributed by atoms with Gasteiger partial charge < -0.3 is 42.6 Å². The first-order valence-corrected chi connectivity index (χ1v) is 34.9. The maximum atomic E-state index is 13.1. The first-order valence-electron chi connectivity index (χ1n) is 34.9. The predicted octanol–water partition coefficient (Wildman–Crippen LogP) is 16.5. The lowest BCUT2D eigenvalue weighted by atomic mass is 10.1. The zero-order valence-electron chi connectivity index (χ0n) is 57.3. The second-order valence-corrected chi connectivity index (χ2v) is 24.0. The number of hydrogen-bond donors (Lipinski definition) is 0. The van der Waals surface area contributed by atoms with E-state index in [1.165, 1.54) is 41.5 Å². The van der Waals surface area contributed by atoms with Gasteiger partial charge in [0.2, 0.25) is 0 Å². The molecule has 0 aromatic carbocycles. The molecule has 0 spiro atoms. The van der Waals surface area contributed by atoms with E-state index in [1.54, 1.807) is 0 Å². The Bertz CT molecular complexity index is 1920. The van der Waals surface area contributed by atoms with Crippen LogP contribution in [0, 0.1) is 0 Å². The highest BCUT2D eigenvalue weighted by Crippen LogP contribution is 2.20. The van der Waals surface area contributed by atoms with Gasteiger partial charge in [-0.25, -0.2) is 14.4 Å². The van der Waals surface area contributed by atoms with Gasteiger partial charge in [0.15, 0.2) is 24.4 Å². The van der Waals surface area contributed by atoms with Gasteiger partial charge in [-0.1, -0.05) is 173 Å². The fourth-order valence-corrected chi connectivity index (χ4v) is 9.90. The standard InChI is InChI=1S/C72H122O18/c1-10-13-16-37-46-63(88-70(79)57(4)84-60(7)73)49-40-31-25-19-22-28-34-43-52-67(76)82-55-66(87-69(78)54-45-36-30-24-21-27-33-42-51-65(48-39-18-15-12-3)90-72(81)59(6)86-62(9)75)56-83-68(77)53-44-35-29-23-20-26-32-41-50-64(47-38-17-14-11-2)89-71(80)58(5)85-61(8)74/h31-33,40-42,57-59,63-66H,10-30,34-39,43-56H2,1-9H3/b40-31-,41-32-,42-33-/t57?,58?,59?,63-,64-,65-,66?/m0/s1. The smallest absolute Gasteiger partial charge is 0.347 e. The summed E-state index contributed by atoms with van der Waals surface area (Å²) in [7, 11) is 0. The summed E-state index contributed by atoms with van der Waals surface area (Å²) >= 11 is 0. The van der Waals surface area contributed by atoms with Crippen molar-refractivity contribution in [1.29, 1.82) is 0 Å². The molecule has 18 nitrogen and oxygen atoms in total. The van der Waals surface area contributed by atoms with E-state index in [2.05, 4.69) is 57.2 Å². The van der Waals surface area contributed by atoms with Crippen molar-refractivity contribution in [2.75, 3.05) is 13.2 Å². The number of esters is 9. The Morgan fingerprint density at radius 1 is 0.289 bits per heavy atom. The van der Waals surface area contributed by atoms with Crippen LogP contribution in [0.5, 0.6) is 0 Å². The number of unbranched alkanes of at least 4 members (excludes halogenated alkanes) is 24. The highest BCUT2D eigenvalue weighted by Gasteiger charge is 2.25. The van der Waals surface area contributed by atoms with Gasteiger partial charge in [0.1, 0.15) is 31.5 Å². The molecule has 0 fully saturated rings. The van der Waals surface area contributed by atoms with E-state index in [9.17, 15) is 43.2 Å². The molecule has 0 aromatic heterocycles. The third-order valence-electron chi connectivity index (χ3n) is 15.1. The average molecular weight is 1280 g/mol. The molecular weight excluding hydrogens is 1150 g/mol. The van der Waals surface area contributed by atoms with Crippen molar-refractivity contribution >= 4 is 53.7 Å². The van der Waals surface area contributed by atoms with Gasteiger partial charge in [0.05, 0.1) is 0 Å². The molecule has 0 rings (SSSR count). The van der Waals surface area contributed by atoms with Crippen molar-refractivity contribution in [3.63, 3.8) is 0 Å². The number of rotatable bonds is 59. The van der Waals surface area contributed by atoms with Gasteiger partial charge in [-0.05, 0) is 117 Å². The normalized spacial score (nSPS) is 13.8. The molecule has 6 atom stereocenters. The molecule has 0 bridgehead atoms. The number of carbonyl (C=O) groups excluding carboxylic acids is 9. The first-order chi connectivity index (χ1) is 43.3. The number of carbonyl (C=O) groups is 9. The van der Waals surface area contributed by atoms with E-state index >= 15 is 0 Å². The minimum atomic E-state index is -0.949. The van der Waals surface area contributed by atoms with Gasteiger partial charge >= 0.3 is 53.7 Å². The van der Waals surface area contributed by atoms with Crippen LogP contribution in [-0.4, -0.2) is 110 Å². The zero-order valence-corrected chi connectivity index (χ0v) is 57.3. The van der Waals surface area contributed by atoms with E-state index in [-0.39, 0.29) is 50.8 Å². The van der Waals surface area contributed by atoms with Crippen LogP contribution in [0.15, 0.2) is 36.5 Å². The van der Waals surface area contributed by atoms with E-state index < -0.39 is 78.1 Å². The minimum Gasteiger partial charge on any atom is -0.462 e. The molecular formula is C72H122O18. The zero-order chi connectivity index (χ0) is 66.8. The molecule has 0 radical (unpaired) electrons. The summed E-state index contributed by atoms with van der Waals surface area (Å²) in [5.74, 6) is -4.44. The molecule has 3 unspecified atom stereocenters. The van der Waals surface area contributed by atoms with Crippen molar-refractivity contribution in [2.24, 2.45) is 0 Å². The second-order valence-electron chi connectivity index (χ2n) is 24.0. The summed E-state index contributed by atoms with van der Waals surface area (Å²) in [4.78, 5) is 110. The Kier molecular flexibility index (Phi) is 54.9. The minimum absolute atomic E-state index is 0.180. The van der Waals surface area contributed by atoms with Crippen LogP contribution in [-0.2, 0) is 85.8 Å². The largest absolute Gasteiger partial charge is 0.462 e. The Labute approximate surface area is 542 Å². The molecule has 0 saturated carbocycles. The fourth-order valence-electron chi connectivity index (χ4n) is 9.90. The second kappa shape index (κ2) is 58.5. The molecule has 90 heavy (non-hydrogen) atoms. The van der Waals surface area contributed by atoms with Gasteiger partial charge in [-0.15, -0.1) is 0 Å². The van der Waals surface area contributed by atoms with Gasteiger partial charge in [-0.3, -0.25) is 28.8 Å². The number of allylic oxidation sites excluding steroid dienone is 3. The van der Waals surface area contributed by atoms with E-state index in [1.807, 2.05) is 0 Å². The summed E-state index contributed by atoms with van der Waals surface area (Å²) in [5.41, 5.74) is 0. The number of hydrogen-bond acceptors (Lipinski definition) is 18. The molecule has 0 aliphatic heterocycles. The van der Waals surface area contributed by atoms with E-state index in [4.69, 9.17) is 42.6 Å². The summed E-state index contributed by atoms with van der Waals surface area (Å²) < 4.78 is 49.0. The van der Waals surface area contributed by atoms with Crippen molar-refractivity contribution in [3.8, 4) is 0 Å². The van der Waals surface area contributed by atoms with E-state index in [0.717, 1.165) is 193 Å². The molecule has 0 saturated heterocycles. The van der Waals surface area contributed by atoms with Crippen molar-refractivity contribution in [1.82, 2.24) is 0 Å². The van der Waals surface area contributed by atoms with Gasteiger partial charge in [-0.2, -0.15) is 0 Å². The van der Waals surface area contributed by atoms with Crippen LogP contribution >= 0.6 is 0 Å². The molecule has 0 amide bonds. The van der Waals surface area contributed by atoms with Crippen LogP contribution in [0.25, 0.3) is 0 Å². The molecule has 518 valence electrons. The van der Waals surface area contributed by atoms with E-state index in [0.29, 0.717) is 38.5 Å². The van der Waals surface area contributed by atoms with Crippen LogP contribution in [0.4, 0.5) is 0 Å². The summed E-state index contributed by atoms with van der Waals surface area (Å²) in [5, 5.41) is 0. The molecule has 0 N–H and O–H groups in total. The maximum Gasteiger partial charge on any atom is 0.347 e. The molecule has 0 heterocycles.